The third-order valence-electron chi connectivity index (χ3n) is 4.56. The van der Waals surface area contributed by atoms with Crippen LogP contribution in [-0.2, 0) is 4.74 Å². The molecule has 1 saturated carbocycles. The number of thioether (sulfide) groups is 1. The molecular formula is C19H21N5O2S2. The lowest BCUT2D eigenvalue weighted by Gasteiger charge is -2.36. The maximum atomic E-state index is 11.9. The number of carbonyl (C=O) groups excluding carboxylic acids is 1. The van der Waals surface area contributed by atoms with E-state index in [0.29, 0.717) is 30.2 Å². The molecule has 0 amide bonds. The van der Waals surface area contributed by atoms with Gasteiger partial charge in [0.25, 0.3) is 0 Å². The molecule has 0 bridgehead atoms. The van der Waals surface area contributed by atoms with Crippen molar-refractivity contribution in [1.29, 1.82) is 0 Å². The number of hydrogen-bond donors (Lipinski definition) is 2. The van der Waals surface area contributed by atoms with Gasteiger partial charge in [-0.05, 0) is 44.2 Å². The fourth-order valence-electron chi connectivity index (χ4n) is 3.03. The Kier molecular flexibility index (Phi) is 5.63. The Morgan fingerprint density at radius 2 is 2.00 bits per heavy atom. The lowest BCUT2D eigenvalue weighted by molar-refractivity contribution is 0.0526. The van der Waals surface area contributed by atoms with E-state index in [4.69, 9.17) is 4.74 Å². The molecule has 7 nitrogen and oxygen atoms in total. The number of anilines is 2. The molecule has 0 unspecified atom stereocenters. The minimum Gasteiger partial charge on any atom is -0.462 e. The quantitative estimate of drug-likeness (QED) is 0.441. The van der Waals surface area contributed by atoms with Gasteiger partial charge in [0, 0.05) is 29.4 Å². The van der Waals surface area contributed by atoms with Gasteiger partial charge >= 0.3 is 5.97 Å². The maximum absolute atomic E-state index is 11.9. The van der Waals surface area contributed by atoms with Crippen LogP contribution in [0.5, 0.6) is 0 Å². The minimum absolute atomic E-state index is 0.298. The first-order valence-electron chi connectivity index (χ1n) is 9.11. The van der Waals surface area contributed by atoms with Crippen molar-refractivity contribution in [2.45, 2.75) is 36.7 Å². The highest BCUT2D eigenvalue weighted by Crippen LogP contribution is 2.31. The van der Waals surface area contributed by atoms with Crippen LogP contribution in [0, 0.1) is 0 Å². The Bertz CT molecular complexity index is 970. The van der Waals surface area contributed by atoms with Crippen LogP contribution < -0.4 is 10.6 Å². The molecule has 1 aliphatic rings. The fourth-order valence-corrected chi connectivity index (χ4v) is 4.33. The smallest absolute Gasteiger partial charge is 0.338 e. The van der Waals surface area contributed by atoms with E-state index in [-0.39, 0.29) is 5.97 Å². The first kappa shape index (κ1) is 18.9. The molecule has 3 aromatic rings. The number of hydrogen-bond acceptors (Lipinski definition) is 9. The van der Waals surface area contributed by atoms with E-state index in [0.717, 1.165) is 33.1 Å². The second-order valence-corrected chi connectivity index (χ2v) is 8.43. The summed E-state index contributed by atoms with van der Waals surface area (Å²) in [7, 11) is 0. The number of benzene rings is 1. The van der Waals surface area contributed by atoms with E-state index >= 15 is 0 Å². The predicted octanol–water partition coefficient (Wildman–Crippen LogP) is 4.04. The van der Waals surface area contributed by atoms with Crippen molar-refractivity contribution in [2.75, 3.05) is 23.5 Å². The van der Waals surface area contributed by atoms with E-state index in [9.17, 15) is 4.79 Å². The lowest BCUT2D eigenvalue weighted by Crippen LogP contribution is -2.43. The van der Waals surface area contributed by atoms with Crippen molar-refractivity contribution < 1.29 is 9.53 Å². The van der Waals surface area contributed by atoms with Gasteiger partial charge in [-0.1, -0.05) is 11.3 Å². The Balaban J connectivity index is 1.32. The molecule has 1 fully saturated rings. The van der Waals surface area contributed by atoms with Crippen LogP contribution in [0.25, 0.3) is 10.2 Å². The van der Waals surface area contributed by atoms with Gasteiger partial charge in [-0.25, -0.2) is 19.7 Å². The van der Waals surface area contributed by atoms with Crippen LogP contribution in [0.4, 0.5) is 11.1 Å². The summed E-state index contributed by atoms with van der Waals surface area (Å²) in [6.07, 6.45) is 7.64. The standard InChI is InChI=1S/C19H21N5O2S2/c1-3-26-17(25)11-4-5-15-16(6-11)28-19(24-15)23-13-7-12(8-13)22-18-20-9-14(27-2)10-21-18/h4-6,9-10,12-13H,3,7-8H2,1-2H3,(H,23,24)(H,20,21,22)/t12-,13-. The third kappa shape index (κ3) is 4.20. The second kappa shape index (κ2) is 8.32. The summed E-state index contributed by atoms with van der Waals surface area (Å²) in [6.45, 7) is 2.17. The summed E-state index contributed by atoms with van der Waals surface area (Å²) >= 11 is 3.19. The molecule has 2 heterocycles. The van der Waals surface area contributed by atoms with Crippen LogP contribution in [0.15, 0.2) is 35.5 Å². The molecule has 0 spiro atoms. The number of rotatable bonds is 7. The summed E-state index contributed by atoms with van der Waals surface area (Å²) in [6, 6.07) is 6.20. The zero-order valence-electron chi connectivity index (χ0n) is 15.6. The van der Waals surface area contributed by atoms with E-state index in [2.05, 4.69) is 25.6 Å². The van der Waals surface area contributed by atoms with E-state index in [1.165, 1.54) is 0 Å². The summed E-state index contributed by atoms with van der Waals surface area (Å²) < 4.78 is 6.04. The van der Waals surface area contributed by atoms with Gasteiger partial charge < -0.3 is 15.4 Å². The summed E-state index contributed by atoms with van der Waals surface area (Å²) in [5.41, 5.74) is 1.45. The fraction of sp³-hybridized carbons (Fsp3) is 0.368. The van der Waals surface area contributed by atoms with Gasteiger partial charge in [0.2, 0.25) is 5.95 Å². The lowest BCUT2D eigenvalue weighted by atomic mass is 9.87. The number of carbonyl (C=O) groups is 1. The SMILES string of the molecule is CCOC(=O)c1ccc2nc(N[C@H]3C[C@H](Nc4ncc(SC)cn4)C3)sc2c1. The molecular weight excluding hydrogens is 394 g/mol. The predicted molar refractivity (Wildman–Crippen MR) is 113 cm³/mol. The average molecular weight is 416 g/mol. The molecule has 4 rings (SSSR count). The van der Waals surface area contributed by atoms with E-state index in [1.807, 2.05) is 30.8 Å². The molecule has 2 aromatic heterocycles. The molecule has 0 saturated heterocycles. The van der Waals surface area contributed by atoms with Gasteiger partial charge in [0.15, 0.2) is 5.13 Å². The van der Waals surface area contributed by atoms with Gasteiger partial charge in [-0.2, -0.15) is 0 Å². The Morgan fingerprint density at radius 3 is 2.71 bits per heavy atom. The highest BCUT2D eigenvalue weighted by atomic mass is 32.2. The molecule has 0 radical (unpaired) electrons. The maximum Gasteiger partial charge on any atom is 0.338 e. The summed E-state index contributed by atoms with van der Waals surface area (Å²) in [5.74, 6) is 0.376. The van der Waals surface area contributed by atoms with E-state index in [1.54, 1.807) is 36.1 Å². The van der Waals surface area contributed by atoms with Crippen LogP contribution in [0.3, 0.4) is 0 Å². The van der Waals surface area contributed by atoms with Crippen LogP contribution in [-0.4, -0.2) is 45.9 Å². The van der Waals surface area contributed by atoms with Gasteiger partial charge in [0.1, 0.15) is 0 Å². The van der Waals surface area contributed by atoms with Gasteiger partial charge in [-0.15, -0.1) is 11.8 Å². The number of thiazole rings is 1. The van der Waals surface area contributed by atoms with Crippen LogP contribution in [0.2, 0.25) is 0 Å². The van der Waals surface area contributed by atoms with Crippen molar-refractivity contribution in [3.8, 4) is 0 Å². The zero-order valence-corrected chi connectivity index (χ0v) is 17.3. The molecule has 146 valence electrons. The van der Waals surface area contributed by atoms with E-state index < -0.39 is 0 Å². The number of nitrogens with zero attached hydrogens (tertiary/aromatic N) is 3. The molecule has 9 heteroatoms. The average Bonchev–Trinajstić information content (AvgIpc) is 3.08. The molecule has 1 aliphatic carbocycles. The molecule has 0 aliphatic heterocycles. The number of fused-ring (bicyclic) bond motifs is 1. The molecule has 1 aromatic carbocycles. The Morgan fingerprint density at radius 1 is 1.25 bits per heavy atom. The zero-order chi connectivity index (χ0) is 19.5. The largest absolute Gasteiger partial charge is 0.462 e. The van der Waals surface area contributed by atoms with Crippen molar-refractivity contribution in [1.82, 2.24) is 15.0 Å². The van der Waals surface area contributed by atoms with Crippen molar-refractivity contribution in [2.24, 2.45) is 0 Å². The topological polar surface area (TPSA) is 89.0 Å². The Hall–Kier alpha value is -2.39. The summed E-state index contributed by atoms with van der Waals surface area (Å²) in [5, 5.41) is 7.72. The minimum atomic E-state index is -0.298. The number of esters is 1. The third-order valence-corrected chi connectivity index (χ3v) is 6.19. The number of aromatic nitrogens is 3. The normalized spacial score (nSPS) is 18.5. The summed E-state index contributed by atoms with van der Waals surface area (Å²) in [4.78, 5) is 26.2. The first-order chi connectivity index (χ1) is 13.6. The Labute approximate surface area is 171 Å². The number of ether oxygens (including phenoxy) is 1. The van der Waals surface area contributed by atoms with Gasteiger partial charge in [-0.3, -0.25) is 0 Å². The van der Waals surface area contributed by atoms with Crippen molar-refractivity contribution in [3.63, 3.8) is 0 Å². The van der Waals surface area contributed by atoms with Crippen molar-refractivity contribution in [3.05, 3.63) is 36.2 Å². The molecule has 0 atom stereocenters. The van der Waals surface area contributed by atoms with Crippen molar-refractivity contribution >= 4 is 50.4 Å². The highest BCUT2D eigenvalue weighted by molar-refractivity contribution is 7.98. The highest BCUT2D eigenvalue weighted by Gasteiger charge is 2.30. The van der Waals surface area contributed by atoms with Crippen LogP contribution in [0.1, 0.15) is 30.1 Å². The number of nitrogens with one attached hydrogen (secondary N) is 2. The second-order valence-electron chi connectivity index (χ2n) is 6.52. The molecule has 28 heavy (non-hydrogen) atoms. The van der Waals surface area contributed by atoms with Gasteiger partial charge in [0.05, 0.1) is 22.4 Å². The monoisotopic (exact) mass is 415 g/mol. The van der Waals surface area contributed by atoms with Crippen LogP contribution >= 0.6 is 23.1 Å². The first-order valence-corrected chi connectivity index (χ1v) is 11.2. The molecule has 2 N–H and O–H groups in total.